The maximum Gasteiger partial charge on any atom is 0.489 e. The largest absolute Gasteiger partial charge is 0.489 e. The minimum Gasteiger partial charge on any atom is -0.434 e. The zero-order valence-electron chi connectivity index (χ0n) is 22.8. The van der Waals surface area contributed by atoms with E-state index in [2.05, 4.69) is 14.6 Å². The second kappa shape index (κ2) is 10.2. The van der Waals surface area contributed by atoms with Crippen LogP contribution in [-0.4, -0.2) is 48.4 Å². The first-order valence-electron chi connectivity index (χ1n) is 13.1. The summed E-state index contributed by atoms with van der Waals surface area (Å²) in [6.07, 6.45) is 3.56. The van der Waals surface area contributed by atoms with Crippen molar-refractivity contribution in [1.29, 1.82) is 0 Å². The normalized spacial score (nSPS) is 19.5. The van der Waals surface area contributed by atoms with E-state index in [4.69, 9.17) is 20.1 Å². The van der Waals surface area contributed by atoms with Crippen molar-refractivity contribution < 1.29 is 36.9 Å². The Hall–Kier alpha value is -3.81. The van der Waals surface area contributed by atoms with Crippen molar-refractivity contribution in [3.8, 4) is 16.9 Å². The lowest BCUT2D eigenvalue weighted by Crippen LogP contribution is -2.34. The number of rotatable bonds is 8. The number of phosphoric acid groups is 1. The quantitative estimate of drug-likeness (QED) is 0.212. The molecule has 0 radical (unpaired) electrons. The third-order valence-electron chi connectivity index (χ3n) is 7.60. The highest BCUT2D eigenvalue weighted by molar-refractivity contribution is 7.47. The van der Waals surface area contributed by atoms with Crippen LogP contribution in [0.2, 0.25) is 0 Å². The second-order valence-corrected chi connectivity index (χ2v) is 11.8. The van der Waals surface area contributed by atoms with Crippen molar-refractivity contribution >= 4 is 24.8 Å². The van der Waals surface area contributed by atoms with E-state index >= 15 is 0 Å². The predicted octanol–water partition coefficient (Wildman–Crippen LogP) is 4.85. The summed E-state index contributed by atoms with van der Waals surface area (Å²) in [5.74, 6) is 5.35. The Bertz CT molecular complexity index is 1750. The summed E-state index contributed by atoms with van der Waals surface area (Å²) in [5.41, 5.74) is 2.15. The van der Waals surface area contributed by atoms with Crippen LogP contribution in [0, 0.1) is 0 Å². The summed E-state index contributed by atoms with van der Waals surface area (Å²) in [5, 5.41) is 0. The predicted molar refractivity (Wildman–Crippen MR) is 145 cm³/mol. The number of alkyl halides is 2. The number of benzene rings is 2. The molecule has 220 valence electrons. The Labute approximate surface area is 238 Å². The number of amides is 1. The maximum atomic E-state index is 13.5. The first-order valence-corrected chi connectivity index (χ1v) is 14.6. The molecule has 4 heterocycles. The van der Waals surface area contributed by atoms with E-state index in [1.807, 2.05) is 29.7 Å². The number of imidazole rings is 1. The molecule has 0 aliphatic carbocycles. The van der Waals surface area contributed by atoms with Crippen molar-refractivity contribution in [1.82, 2.24) is 24.4 Å². The molecule has 12 nitrogen and oxygen atoms in total. The van der Waals surface area contributed by atoms with Crippen molar-refractivity contribution in [3.63, 3.8) is 0 Å². The Morgan fingerprint density at radius 3 is 2.57 bits per heavy atom. The van der Waals surface area contributed by atoms with Crippen molar-refractivity contribution in [2.45, 2.75) is 51.5 Å². The van der Waals surface area contributed by atoms with Gasteiger partial charge in [-0.15, -0.1) is 0 Å². The first-order chi connectivity index (χ1) is 19.9. The highest BCUT2D eigenvalue weighted by Crippen LogP contribution is 2.51. The molecule has 2 aliphatic heterocycles. The number of aromatic nitrogens is 4. The molecule has 2 aromatic carbocycles. The van der Waals surface area contributed by atoms with Gasteiger partial charge in [0, 0.05) is 42.0 Å². The number of nitrogens with two attached hydrogens (primary N) is 1. The fourth-order valence-electron chi connectivity index (χ4n) is 5.86. The Morgan fingerprint density at radius 1 is 1.17 bits per heavy atom. The molecule has 6 rings (SSSR count). The number of hydrogen-bond acceptors (Lipinski definition) is 9. The fraction of sp³-hybridized carbons (Fsp3) is 0.333. The molecule has 42 heavy (non-hydrogen) atoms. The maximum absolute atomic E-state index is 13.5. The number of carbonyl (C=O) groups is 1. The average Bonchev–Trinajstić information content (AvgIpc) is 3.46. The summed E-state index contributed by atoms with van der Waals surface area (Å²) in [7, 11) is -4.50. The smallest absolute Gasteiger partial charge is 0.434 e. The van der Waals surface area contributed by atoms with Crippen LogP contribution in [0.5, 0.6) is 5.75 Å². The van der Waals surface area contributed by atoms with Gasteiger partial charge in [0.1, 0.15) is 17.2 Å². The Kier molecular flexibility index (Phi) is 6.86. The molecule has 1 amide bonds. The van der Waals surface area contributed by atoms with Crippen molar-refractivity contribution in [2.24, 2.45) is 5.90 Å². The molecule has 1 unspecified atom stereocenters. The van der Waals surface area contributed by atoms with Gasteiger partial charge >= 0.3 is 14.4 Å². The highest BCUT2D eigenvalue weighted by Gasteiger charge is 2.45. The summed E-state index contributed by atoms with van der Waals surface area (Å²) in [6.45, 7) is 2.24. The van der Waals surface area contributed by atoms with Crippen LogP contribution in [0.25, 0.3) is 22.2 Å². The van der Waals surface area contributed by atoms with E-state index < -0.39 is 26.1 Å². The van der Waals surface area contributed by atoms with E-state index in [0.717, 1.165) is 11.1 Å². The number of nitrogens with zero attached hydrogens (tertiary/aromatic N) is 5. The number of hydrogen-bond donors (Lipinski definition) is 2. The van der Waals surface area contributed by atoms with Crippen molar-refractivity contribution in [2.75, 3.05) is 6.54 Å². The monoisotopic (exact) mass is 600 g/mol. The van der Waals surface area contributed by atoms with Crippen LogP contribution in [0.15, 0.2) is 48.8 Å². The molecular weight excluding hydrogens is 573 g/mol. The van der Waals surface area contributed by atoms with Crippen molar-refractivity contribution in [3.05, 3.63) is 71.6 Å². The molecular formula is C27H27F2N6O6P. The molecule has 2 aliphatic rings. The number of halogens is 2. The van der Waals surface area contributed by atoms with Gasteiger partial charge < -0.3 is 19.1 Å². The van der Waals surface area contributed by atoms with Gasteiger partial charge in [-0.3, -0.25) is 9.32 Å². The van der Waals surface area contributed by atoms with E-state index in [1.54, 1.807) is 29.4 Å². The molecule has 0 fully saturated rings. The van der Waals surface area contributed by atoms with Crippen LogP contribution in [0.1, 0.15) is 66.8 Å². The van der Waals surface area contributed by atoms with Gasteiger partial charge in [-0.25, -0.2) is 30.0 Å². The lowest BCUT2D eigenvalue weighted by Gasteiger charge is -2.27. The lowest BCUT2D eigenvalue weighted by atomic mass is 9.97. The summed E-state index contributed by atoms with van der Waals surface area (Å²) < 4.78 is 54.6. The fourth-order valence-corrected chi connectivity index (χ4v) is 6.56. The topological polar surface area (TPSA) is 155 Å². The average molecular weight is 601 g/mol. The van der Waals surface area contributed by atoms with Gasteiger partial charge in [-0.1, -0.05) is 12.1 Å². The standard InChI is InChI=1S/C27H27F2N6O6P/c1-4-34-20-11-19(22-16(24(34)36)6-5-7-21(22)39-26(28)29)35-18-10-14(8-9-17(18)33-23(20)35)15-12-31-25(32-13-15)27(2,3)40-42(37,38)41-30/h5-10,12-13,19-20,26H,4,11,30H2,1-3H3,(H,37,38)/t19-,20+/m1/s1. The van der Waals surface area contributed by atoms with Gasteiger partial charge in [0.05, 0.1) is 23.1 Å². The third kappa shape index (κ3) is 4.65. The molecule has 0 saturated heterocycles. The van der Waals surface area contributed by atoms with Gasteiger partial charge in [0.15, 0.2) is 5.82 Å². The molecule has 3 atom stereocenters. The molecule has 4 aromatic rings. The van der Waals surface area contributed by atoms with E-state index in [0.29, 0.717) is 41.0 Å². The van der Waals surface area contributed by atoms with Gasteiger partial charge in [-0.2, -0.15) is 8.78 Å². The molecule has 15 heteroatoms. The van der Waals surface area contributed by atoms with Gasteiger partial charge in [0.2, 0.25) is 0 Å². The molecule has 2 bridgehead atoms. The van der Waals surface area contributed by atoms with E-state index in [1.165, 1.54) is 19.9 Å². The van der Waals surface area contributed by atoms with E-state index in [-0.39, 0.29) is 23.5 Å². The molecule has 3 N–H and O–H groups in total. The van der Waals surface area contributed by atoms with Crippen LogP contribution in [0.4, 0.5) is 8.78 Å². The highest BCUT2D eigenvalue weighted by atomic mass is 31.2. The first kappa shape index (κ1) is 28.3. The molecule has 0 spiro atoms. The summed E-state index contributed by atoms with van der Waals surface area (Å²) in [4.78, 5) is 38.4. The number of fused-ring (bicyclic) bond motifs is 9. The number of phosphoric ester groups is 1. The summed E-state index contributed by atoms with van der Waals surface area (Å²) >= 11 is 0. The zero-order chi connectivity index (χ0) is 30.0. The van der Waals surface area contributed by atoms with Crippen LogP contribution >= 0.6 is 7.82 Å². The van der Waals surface area contributed by atoms with Crippen LogP contribution < -0.4 is 10.6 Å². The molecule has 2 aromatic heterocycles. The van der Waals surface area contributed by atoms with Crippen LogP contribution in [-0.2, 0) is 19.3 Å². The van der Waals surface area contributed by atoms with Gasteiger partial charge in [0.25, 0.3) is 5.91 Å². The summed E-state index contributed by atoms with van der Waals surface area (Å²) in [6, 6.07) is 9.42. The SMILES string of the molecule is CCN1C(=O)c2cccc(OC(F)F)c2[C@H]2C[C@H]1c1nc3ccc(-c4cnc(C(C)(C)OP(=O)(O)ON)nc4)cc3n12. The number of ether oxygens (including phenoxy) is 1. The Morgan fingerprint density at radius 2 is 1.90 bits per heavy atom. The lowest BCUT2D eigenvalue weighted by molar-refractivity contribution is -0.0507. The molecule has 0 saturated carbocycles. The second-order valence-electron chi connectivity index (χ2n) is 10.5. The minimum absolute atomic E-state index is 0.0373. The van der Waals surface area contributed by atoms with E-state index in [9.17, 15) is 23.0 Å². The van der Waals surface area contributed by atoms with Gasteiger partial charge in [-0.05, 0) is 50.6 Å². The van der Waals surface area contributed by atoms with Crippen LogP contribution in [0.3, 0.4) is 0 Å². The zero-order valence-corrected chi connectivity index (χ0v) is 23.7. The number of carbonyl (C=O) groups excluding carboxylic acids is 1. The Balaban J connectivity index is 1.44. The third-order valence-corrected chi connectivity index (χ3v) is 8.55. The minimum atomic E-state index is -4.50.